The summed E-state index contributed by atoms with van der Waals surface area (Å²) in [6.07, 6.45) is 6.41. The van der Waals surface area contributed by atoms with Crippen LogP contribution >= 0.6 is 35.3 Å². The summed E-state index contributed by atoms with van der Waals surface area (Å²) >= 11 is 1.83. The van der Waals surface area contributed by atoms with E-state index < -0.39 is 0 Å². The molecular weight excluding hydrogens is 421 g/mol. The van der Waals surface area contributed by atoms with Crippen molar-refractivity contribution in [1.82, 2.24) is 10.6 Å². The molecule has 2 rings (SSSR count). The van der Waals surface area contributed by atoms with E-state index in [1.54, 1.807) is 7.11 Å². The highest BCUT2D eigenvalue weighted by Gasteiger charge is 2.33. The maximum Gasteiger partial charge on any atom is 0.191 e. The minimum atomic E-state index is 0. The Morgan fingerprint density at radius 3 is 2.61 bits per heavy atom. The number of nitrogens with one attached hydrogen (secondary N) is 2. The van der Waals surface area contributed by atoms with E-state index in [9.17, 15) is 0 Å². The van der Waals surface area contributed by atoms with Crippen LogP contribution in [-0.4, -0.2) is 33.3 Å². The van der Waals surface area contributed by atoms with Crippen LogP contribution in [0.2, 0.25) is 0 Å². The van der Waals surface area contributed by atoms with Crippen LogP contribution in [0.4, 0.5) is 0 Å². The maximum atomic E-state index is 5.30. The summed E-state index contributed by atoms with van der Waals surface area (Å²) in [4.78, 5) is 7.04. The van der Waals surface area contributed by atoms with E-state index in [4.69, 9.17) is 4.74 Å². The molecule has 6 heteroatoms. The van der Waals surface area contributed by atoms with E-state index in [0.717, 1.165) is 32.1 Å². The summed E-state index contributed by atoms with van der Waals surface area (Å²) in [7, 11) is 3.63. The lowest BCUT2D eigenvalue weighted by Gasteiger charge is -2.29. The van der Waals surface area contributed by atoms with Crippen molar-refractivity contribution in [2.45, 2.75) is 45.6 Å². The van der Waals surface area contributed by atoms with Crippen molar-refractivity contribution in [2.75, 3.05) is 27.3 Å². The molecule has 1 aliphatic carbocycles. The highest BCUT2D eigenvalue weighted by atomic mass is 127. The first kappa shape index (κ1) is 20.7. The number of halogens is 1. The monoisotopic (exact) mass is 451 g/mol. The molecule has 0 spiro atoms. The minimum Gasteiger partial charge on any atom is -0.385 e. The largest absolute Gasteiger partial charge is 0.385 e. The van der Waals surface area contributed by atoms with Gasteiger partial charge in [-0.25, -0.2) is 0 Å². The Labute approximate surface area is 161 Å². The van der Waals surface area contributed by atoms with Gasteiger partial charge < -0.3 is 15.4 Å². The predicted octanol–water partition coefficient (Wildman–Crippen LogP) is 3.94. The summed E-state index contributed by atoms with van der Waals surface area (Å²) in [5, 5.41) is 6.94. The number of ether oxygens (including phenoxy) is 1. The van der Waals surface area contributed by atoms with Crippen LogP contribution in [0, 0.1) is 12.3 Å². The van der Waals surface area contributed by atoms with E-state index in [1.807, 2.05) is 18.4 Å². The molecule has 2 N–H and O–H groups in total. The van der Waals surface area contributed by atoms with E-state index in [0.29, 0.717) is 5.41 Å². The highest BCUT2D eigenvalue weighted by molar-refractivity contribution is 14.0. The van der Waals surface area contributed by atoms with Gasteiger partial charge in [0.25, 0.3) is 0 Å². The topological polar surface area (TPSA) is 45.7 Å². The fourth-order valence-corrected chi connectivity index (χ4v) is 4.03. The Kier molecular flexibility index (Phi) is 9.46. The number of aliphatic imine (C=N–C) groups is 1. The van der Waals surface area contributed by atoms with Crippen LogP contribution < -0.4 is 10.6 Å². The zero-order valence-electron chi connectivity index (χ0n) is 14.5. The molecule has 132 valence electrons. The Morgan fingerprint density at radius 2 is 2.04 bits per heavy atom. The third-order valence-corrected chi connectivity index (χ3v) is 5.58. The molecule has 1 aromatic heterocycles. The van der Waals surface area contributed by atoms with E-state index >= 15 is 0 Å². The molecular formula is C17H30IN3OS. The van der Waals surface area contributed by atoms with Crippen molar-refractivity contribution in [2.24, 2.45) is 10.4 Å². The first-order valence-corrected chi connectivity index (χ1v) is 8.98. The minimum absolute atomic E-state index is 0. The molecule has 0 amide bonds. The van der Waals surface area contributed by atoms with Crippen molar-refractivity contribution < 1.29 is 4.74 Å². The zero-order chi connectivity index (χ0) is 15.8. The smallest absolute Gasteiger partial charge is 0.191 e. The molecule has 0 unspecified atom stereocenters. The van der Waals surface area contributed by atoms with Crippen LogP contribution in [0.15, 0.2) is 17.1 Å². The molecule has 0 bridgehead atoms. The van der Waals surface area contributed by atoms with Crippen molar-refractivity contribution in [3.8, 4) is 0 Å². The second kappa shape index (κ2) is 10.5. The van der Waals surface area contributed by atoms with Gasteiger partial charge in [0.05, 0.1) is 6.54 Å². The zero-order valence-corrected chi connectivity index (χ0v) is 17.6. The standard InChI is InChI=1S/C17H29N3OS.HI/c1-14-6-7-15(22-14)12-19-16(18-2)20-13-17(10-11-21-3)8-4-5-9-17;/h6-7H,4-5,8-13H2,1-3H3,(H2,18,19,20);1H. The lowest BCUT2D eigenvalue weighted by molar-refractivity contribution is 0.138. The average Bonchev–Trinajstić information content (AvgIpc) is 3.15. The third kappa shape index (κ3) is 6.58. The molecule has 1 aromatic rings. The number of guanidine groups is 1. The van der Waals surface area contributed by atoms with Gasteiger partial charge in [-0.15, -0.1) is 35.3 Å². The summed E-state index contributed by atoms with van der Waals surface area (Å²) in [6.45, 7) is 4.81. The van der Waals surface area contributed by atoms with Gasteiger partial charge in [0.1, 0.15) is 0 Å². The van der Waals surface area contributed by atoms with Crippen LogP contribution in [0.3, 0.4) is 0 Å². The molecule has 1 saturated carbocycles. The Morgan fingerprint density at radius 1 is 1.30 bits per heavy atom. The Hall–Kier alpha value is -0.340. The molecule has 0 radical (unpaired) electrons. The Bertz CT molecular complexity index is 484. The molecule has 1 fully saturated rings. The Balaban J connectivity index is 0.00000264. The quantitative estimate of drug-likeness (QED) is 0.375. The number of hydrogen-bond donors (Lipinski definition) is 2. The van der Waals surface area contributed by atoms with Gasteiger partial charge in [-0.2, -0.15) is 0 Å². The number of methoxy groups -OCH3 is 1. The maximum absolute atomic E-state index is 5.30. The number of nitrogens with zero attached hydrogens (tertiary/aromatic N) is 1. The number of hydrogen-bond acceptors (Lipinski definition) is 3. The van der Waals surface area contributed by atoms with Gasteiger partial charge in [0, 0.05) is 37.1 Å². The predicted molar refractivity (Wildman–Crippen MR) is 110 cm³/mol. The highest BCUT2D eigenvalue weighted by Crippen LogP contribution is 2.40. The molecule has 0 atom stereocenters. The third-order valence-electron chi connectivity index (χ3n) is 4.58. The van der Waals surface area contributed by atoms with Crippen molar-refractivity contribution in [3.63, 3.8) is 0 Å². The fraction of sp³-hybridized carbons (Fsp3) is 0.706. The van der Waals surface area contributed by atoms with E-state index in [1.165, 1.54) is 35.4 Å². The molecule has 0 aromatic carbocycles. The number of aryl methyl sites for hydroxylation is 1. The SMILES string of the molecule is CN=C(NCc1ccc(C)s1)NCC1(CCOC)CCCC1.I. The van der Waals surface area contributed by atoms with Gasteiger partial charge in [0.15, 0.2) is 5.96 Å². The lowest BCUT2D eigenvalue weighted by Crippen LogP contribution is -2.43. The van der Waals surface area contributed by atoms with Crippen molar-refractivity contribution in [1.29, 1.82) is 0 Å². The van der Waals surface area contributed by atoms with Crippen LogP contribution in [0.5, 0.6) is 0 Å². The van der Waals surface area contributed by atoms with Crippen molar-refractivity contribution >= 4 is 41.3 Å². The number of rotatable bonds is 7. The second-order valence-electron chi connectivity index (χ2n) is 6.24. The summed E-state index contributed by atoms with van der Waals surface area (Å²) in [5.74, 6) is 0.898. The first-order chi connectivity index (χ1) is 10.7. The van der Waals surface area contributed by atoms with Gasteiger partial charge in [-0.05, 0) is 43.7 Å². The van der Waals surface area contributed by atoms with Crippen LogP contribution in [0.1, 0.15) is 41.9 Å². The molecule has 1 aliphatic rings. The van der Waals surface area contributed by atoms with Crippen LogP contribution in [-0.2, 0) is 11.3 Å². The average molecular weight is 451 g/mol. The molecule has 1 heterocycles. The summed E-state index contributed by atoms with van der Waals surface area (Å²) in [6, 6.07) is 4.34. The molecule has 0 saturated heterocycles. The fourth-order valence-electron chi connectivity index (χ4n) is 3.20. The van der Waals surface area contributed by atoms with Gasteiger partial charge in [-0.1, -0.05) is 12.8 Å². The van der Waals surface area contributed by atoms with E-state index in [2.05, 4.69) is 34.7 Å². The van der Waals surface area contributed by atoms with Gasteiger partial charge in [0.2, 0.25) is 0 Å². The normalized spacial score (nSPS) is 16.9. The molecule has 4 nitrogen and oxygen atoms in total. The number of thiophene rings is 1. The van der Waals surface area contributed by atoms with Gasteiger partial charge in [-0.3, -0.25) is 4.99 Å². The lowest BCUT2D eigenvalue weighted by atomic mass is 9.83. The van der Waals surface area contributed by atoms with Crippen molar-refractivity contribution in [3.05, 3.63) is 21.9 Å². The molecule has 23 heavy (non-hydrogen) atoms. The summed E-state index contributed by atoms with van der Waals surface area (Å²) in [5.41, 5.74) is 0.382. The second-order valence-corrected chi connectivity index (χ2v) is 7.61. The molecule has 0 aliphatic heterocycles. The van der Waals surface area contributed by atoms with Gasteiger partial charge >= 0.3 is 0 Å². The first-order valence-electron chi connectivity index (χ1n) is 8.16. The van der Waals surface area contributed by atoms with Crippen LogP contribution in [0.25, 0.3) is 0 Å². The summed E-state index contributed by atoms with van der Waals surface area (Å²) < 4.78 is 5.30. The van der Waals surface area contributed by atoms with E-state index in [-0.39, 0.29) is 24.0 Å².